The molecule has 0 saturated carbocycles. The maximum absolute atomic E-state index is 12.8. The summed E-state index contributed by atoms with van der Waals surface area (Å²) < 4.78 is 0.979. The zero-order valence-electron chi connectivity index (χ0n) is 15.3. The predicted octanol–water partition coefficient (Wildman–Crippen LogP) is 2.18. The van der Waals surface area contributed by atoms with Gasteiger partial charge in [-0.1, -0.05) is 46.0 Å². The van der Waals surface area contributed by atoms with Crippen LogP contribution < -0.4 is 11.1 Å². The van der Waals surface area contributed by atoms with Crippen molar-refractivity contribution >= 4 is 74.6 Å². The number of allylic oxidation sites excluding steroid dienone is 1. The van der Waals surface area contributed by atoms with Crippen molar-refractivity contribution in [3.8, 4) is 0 Å². The Kier molecular flexibility index (Phi) is 6.46. The quantitative estimate of drug-likeness (QED) is 0.365. The number of nitrogens with one attached hydrogen (secondary N) is 1. The topological polar surface area (TPSA) is 164 Å². The number of hydrogen-bond donors (Lipinski definition) is 3. The van der Waals surface area contributed by atoms with Gasteiger partial charge in [-0.2, -0.15) is 0 Å². The van der Waals surface area contributed by atoms with Gasteiger partial charge in [-0.05, 0) is 29.6 Å². The molecule has 2 aliphatic rings. The molecule has 0 aromatic carbocycles. The number of aromatic nitrogens is 3. The molecule has 2 aromatic rings. The molecule has 1 saturated heterocycles. The molecule has 4 rings (SSSR count). The van der Waals surface area contributed by atoms with Gasteiger partial charge in [-0.25, -0.2) is 4.98 Å². The maximum Gasteiger partial charge on any atom is 0.255 e. The second-order valence-corrected chi connectivity index (χ2v) is 11.0. The SMILES string of the molecule is Nc1nc(C(N=O)C(=O)NC2C(=O)N3C(CO)=C(Sc4nnc(Cl)s4)CCC23)c(Cl)s1. The number of nitrogens with two attached hydrogens (primary N) is 1. The van der Waals surface area contributed by atoms with Crippen LogP contribution in [-0.2, 0) is 9.59 Å². The molecule has 4 N–H and O–H groups in total. The second-order valence-electron chi connectivity index (χ2n) is 6.47. The van der Waals surface area contributed by atoms with E-state index in [-0.39, 0.29) is 27.8 Å². The van der Waals surface area contributed by atoms with Crippen LogP contribution in [0.15, 0.2) is 20.1 Å². The molecule has 11 nitrogen and oxygen atoms in total. The van der Waals surface area contributed by atoms with Gasteiger partial charge in [-0.15, -0.1) is 15.1 Å². The highest BCUT2D eigenvalue weighted by atomic mass is 35.5. The summed E-state index contributed by atoms with van der Waals surface area (Å²) in [5.41, 5.74) is 5.96. The molecule has 2 aliphatic heterocycles. The normalized spacial score (nSPS) is 21.5. The Morgan fingerprint density at radius 1 is 1.42 bits per heavy atom. The fourth-order valence-corrected chi connectivity index (χ4v) is 6.63. The van der Waals surface area contributed by atoms with Gasteiger partial charge in [0.1, 0.15) is 16.1 Å². The number of carbonyl (C=O) groups excluding carboxylic acids is 2. The fourth-order valence-electron chi connectivity index (χ4n) is 3.46. The third-order valence-corrected chi connectivity index (χ3v) is 8.15. The molecule has 0 bridgehead atoms. The summed E-state index contributed by atoms with van der Waals surface area (Å²) in [6.07, 6.45) is 1.10. The van der Waals surface area contributed by atoms with Gasteiger partial charge < -0.3 is 21.1 Å². The number of nitroso groups, excluding NO2 is 1. The van der Waals surface area contributed by atoms with Crippen LogP contribution in [0, 0.1) is 4.91 Å². The molecular weight excluding hydrogens is 509 g/mol. The minimum atomic E-state index is -1.52. The summed E-state index contributed by atoms with van der Waals surface area (Å²) in [5, 5.41) is 23.0. The predicted molar refractivity (Wildman–Crippen MR) is 117 cm³/mol. The van der Waals surface area contributed by atoms with Crippen molar-refractivity contribution in [3.05, 3.63) is 30.0 Å². The first-order chi connectivity index (χ1) is 14.8. The number of β-lactam (4-membered cyclic amide) rings is 1. The Hall–Kier alpha value is -1.84. The highest BCUT2D eigenvalue weighted by Crippen LogP contribution is 2.44. The molecule has 31 heavy (non-hydrogen) atoms. The molecule has 164 valence electrons. The number of thiazole rings is 1. The number of aliphatic hydroxyl groups is 1. The Labute approximate surface area is 197 Å². The molecule has 3 unspecified atom stereocenters. The lowest BCUT2D eigenvalue weighted by atomic mass is 9.86. The van der Waals surface area contributed by atoms with Gasteiger partial charge in [0.2, 0.25) is 10.5 Å². The lowest BCUT2D eigenvalue weighted by Crippen LogP contribution is -2.71. The van der Waals surface area contributed by atoms with E-state index in [0.29, 0.717) is 27.3 Å². The summed E-state index contributed by atoms with van der Waals surface area (Å²) >= 11 is 15.2. The van der Waals surface area contributed by atoms with Gasteiger partial charge in [0, 0.05) is 4.91 Å². The van der Waals surface area contributed by atoms with Crippen molar-refractivity contribution in [3.63, 3.8) is 0 Å². The third kappa shape index (κ3) is 4.15. The van der Waals surface area contributed by atoms with E-state index in [1.54, 1.807) is 0 Å². The lowest BCUT2D eigenvalue weighted by molar-refractivity contribution is -0.152. The average molecular weight is 522 g/mol. The van der Waals surface area contributed by atoms with Crippen LogP contribution in [0.5, 0.6) is 0 Å². The van der Waals surface area contributed by atoms with E-state index in [1.165, 1.54) is 28.0 Å². The van der Waals surface area contributed by atoms with Crippen molar-refractivity contribution in [2.75, 3.05) is 12.3 Å². The molecule has 4 heterocycles. The second kappa shape index (κ2) is 8.96. The van der Waals surface area contributed by atoms with Gasteiger partial charge in [0.15, 0.2) is 9.47 Å². The van der Waals surface area contributed by atoms with Crippen LogP contribution in [0.1, 0.15) is 24.6 Å². The maximum atomic E-state index is 12.8. The molecular formula is C15H13Cl2N7O4S3. The fraction of sp³-hybridized carbons (Fsp3) is 0.400. The van der Waals surface area contributed by atoms with E-state index in [9.17, 15) is 19.6 Å². The van der Waals surface area contributed by atoms with Crippen LogP contribution in [0.25, 0.3) is 0 Å². The summed E-state index contributed by atoms with van der Waals surface area (Å²) in [6.45, 7) is -0.357. The summed E-state index contributed by atoms with van der Waals surface area (Å²) in [4.78, 5) is 42.8. The number of thioether (sulfide) groups is 1. The molecule has 1 fully saturated rings. The number of amides is 2. The number of hydrogen-bond acceptors (Lipinski definition) is 12. The van der Waals surface area contributed by atoms with Crippen molar-refractivity contribution in [1.29, 1.82) is 0 Å². The van der Waals surface area contributed by atoms with Gasteiger partial charge in [0.05, 0.1) is 18.3 Å². The number of nitrogens with zero attached hydrogens (tertiary/aromatic N) is 5. The van der Waals surface area contributed by atoms with Crippen molar-refractivity contribution in [2.24, 2.45) is 5.18 Å². The zero-order chi connectivity index (χ0) is 22.3. The minimum Gasteiger partial charge on any atom is -0.390 e. The van der Waals surface area contributed by atoms with E-state index in [2.05, 4.69) is 25.7 Å². The van der Waals surface area contributed by atoms with E-state index in [1.807, 2.05) is 0 Å². The largest absolute Gasteiger partial charge is 0.390 e. The number of halogens is 2. The summed E-state index contributed by atoms with van der Waals surface area (Å²) in [5.74, 6) is -1.19. The Morgan fingerprint density at radius 3 is 2.77 bits per heavy atom. The Bertz CT molecular complexity index is 1090. The van der Waals surface area contributed by atoms with E-state index >= 15 is 0 Å². The van der Waals surface area contributed by atoms with Crippen LogP contribution in [-0.4, -0.2) is 55.7 Å². The molecule has 0 aliphatic carbocycles. The van der Waals surface area contributed by atoms with E-state index < -0.39 is 23.9 Å². The van der Waals surface area contributed by atoms with Crippen molar-refractivity contribution in [1.82, 2.24) is 25.4 Å². The molecule has 3 atom stereocenters. The van der Waals surface area contributed by atoms with Crippen LogP contribution in [0.4, 0.5) is 5.13 Å². The lowest BCUT2D eigenvalue weighted by Gasteiger charge is -2.51. The van der Waals surface area contributed by atoms with E-state index in [4.69, 9.17) is 28.9 Å². The smallest absolute Gasteiger partial charge is 0.255 e. The van der Waals surface area contributed by atoms with Crippen LogP contribution >= 0.6 is 57.6 Å². The number of rotatable bonds is 7. The standard InChI is InChI=1S/C15H13Cl2N7O4S3/c16-10-8(20-14(18)30-10)9(23-28)11(26)19-7-4-1-2-6(5(3-25)24(4)12(7)27)29-15-22-21-13(17)31-15/h4,7,9,25H,1-3H2,(H2,18,20)(H,19,26). The first-order valence-electron chi connectivity index (χ1n) is 8.71. The average Bonchev–Trinajstić information content (AvgIpc) is 3.30. The first kappa shape index (κ1) is 22.4. The minimum absolute atomic E-state index is 0.0470. The van der Waals surface area contributed by atoms with Crippen molar-refractivity contribution < 1.29 is 14.7 Å². The first-order valence-corrected chi connectivity index (χ1v) is 11.9. The van der Waals surface area contributed by atoms with Gasteiger partial charge in [-0.3, -0.25) is 9.59 Å². The third-order valence-electron chi connectivity index (χ3n) is 4.78. The zero-order valence-corrected chi connectivity index (χ0v) is 19.3. The number of anilines is 1. The number of aliphatic hydroxyl groups excluding tert-OH is 1. The number of carbonyl (C=O) groups is 2. The van der Waals surface area contributed by atoms with Crippen LogP contribution in [0.2, 0.25) is 8.80 Å². The molecule has 2 aromatic heterocycles. The Morgan fingerprint density at radius 2 is 2.19 bits per heavy atom. The summed E-state index contributed by atoms with van der Waals surface area (Å²) in [7, 11) is 0. The van der Waals surface area contributed by atoms with Gasteiger partial charge in [0.25, 0.3) is 11.8 Å². The highest BCUT2D eigenvalue weighted by molar-refractivity contribution is 8.04. The van der Waals surface area contributed by atoms with Gasteiger partial charge >= 0.3 is 0 Å². The number of fused-ring (bicyclic) bond motifs is 1. The molecule has 2 amide bonds. The molecule has 0 spiro atoms. The highest BCUT2D eigenvalue weighted by Gasteiger charge is 2.52. The van der Waals surface area contributed by atoms with Crippen LogP contribution in [0.3, 0.4) is 0 Å². The molecule has 0 radical (unpaired) electrons. The monoisotopic (exact) mass is 521 g/mol. The molecule has 16 heteroatoms. The summed E-state index contributed by atoms with van der Waals surface area (Å²) in [6, 6.07) is -2.73. The number of nitrogen functional groups attached to an aromatic ring is 1. The van der Waals surface area contributed by atoms with Crippen molar-refractivity contribution in [2.45, 2.75) is 35.3 Å². The Balaban J connectivity index is 1.48. The van der Waals surface area contributed by atoms with E-state index in [0.717, 1.165) is 16.2 Å².